The van der Waals surface area contributed by atoms with E-state index in [1.165, 1.54) is 77.0 Å². The molecule has 1 saturated carbocycles. The molecular weight excluding hydrogens is 228 g/mol. The van der Waals surface area contributed by atoms with Gasteiger partial charge < -0.3 is 0 Å². The van der Waals surface area contributed by atoms with Crippen LogP contribution in [0.2, 0.25) is 0 Å². The summed E-state index contributed by atoms with van der Waals surface area (Å²) in [4.78, 5) is 0. The van der Waals surface area contributed by atoms with Gasteiger partial charge in [-0.2, -0.15) is 0 Å². The lowest BCUT2D eigenvalue weighted by Gasteiger charge is -2.20. The van der Waals surface area contributed by atoms with Crippen LogP contribution in [0.25, 0.3) is 0 Å². The molecule has 0 saturated heterocycles. The maximum atomic E-state index is 6.13. The highest BCUT2D eigenvalue weighted by molar-refractivity contribution is 6.18. The Hall–Kier alpha value is 0.290. The average molecular weight is 259 g/mol. The predicted molar refractivity (Wildman–Crippen MR) is 78.8 cm³/mol. The Morgan fingerprint density at radius 2 is 1.53 bits per heavy atom. The third-order valence-electron chi connectivity index (χ3n) is 4.44. The smallest absolute Gasteiger partial charge is 0.0254 e. The van der Waals surface area contributed by atoms with Crippen molar-refractivity contribution < 1.29 is 0 Å². The van der Waals surface area contributed by atoms with E-state index in [0.717, 1.165) is 17.7 Å². The fourth-order valence-corrected chi connectivity index (χ4v) is 3.64. The van der Waals surface area contributed by atoms with Gasteiger partial charge in [-0.05, 0) is 18.3 Å². The van der Waals surface area contributed by atoms with Crippen LogP contribution in [-0.4, -0.2) is 5.88 Å². The Morgan fingerprint density at radius 3 is 2.12 bits per heavy atom. The molecule has 0 heterocycles. The summed E-state index contributed by atoms with van der Waals surface area (Å²) < 4.78 is 0. The van der Waals surface area contributed by atoms with E-state index in [1.807, 2.05) is 0 Å². The second-order valence-corrected chi connectivity index (χ2v) is 6.18. The Bertz CT molecular complexity index is 161. The number of halogens is 1. The molecule has 0 aromatic rings. The van der Waals surface area contributed by atoms with Crippen LogP contribution in [0.4, 0.5) is 0 Å². The topological polar surface area (TPSA) is 0 Å². The average Bonchev–Trinajstić information content (AvgIpc) is 2.86. The van der Waals surface area contributed by atoms with Crippen molar-refractivity contribution in [2.24, 2.45) is 11.8 Å². The van der Waals surface area contributed by atoms with Gasteiger partial charge in [-0.3, -0.25) is 0 Å². The number of hydrogen-bond donors (Lipinski definition) is 0. The summed E-state index contributed by atoms with van der Waals surface area (Å²) in [6.45, 7) is 2.28. The molecule has 0 amide bonds. The van der Waals surface area contributed by atoms with Crippen LogP contribution >= 0.6 is 11.6 Å². The first-order valence-electron chi connectivity index (χ1n) is 7.94. The quantitative estimate of drug-likeness (QED) is 0.325. The van der Waals surface area contributed by atoms with Crippen LogP contribution in [-0.2, 0) is 0 Å². The van der Waals surface area contributed by atoms with E-state index in [4.69, 9.17) is 11.6 Å². The molecule has 0 aromatic heterocycles. The van der Waals surface area contributed by atoms with Gasteiger partial charge in [0.05, 0.1) is 0 Å². The minimum absolute atomic E-state index is 0.829. The molecule has 0 aromatic carbocycles. The summed E-state index contributed by atoms with van der Waals surface area (Å²) in [5, 5.41) is 0. The van der Waals surface area contributed by atoms with Crippen molar-refractivity contribution >= 4 is 11.6 Å². The molecule has 0 N–H and O–H groups in total. The summed E-state index contributed by atoms with van der Waals surface area (Å²) in [5.41, 5.74) is 0. The normalized spacial score (nSPS) is 18.7. The standard InChI is InChI=1S/C16H31Cl/c1-2-3-4-5-6-7-8-13-16(14-17)15-11-9-10-12-15/h15-16H,2-14H2,1H3. The lowest BCUT2D eigenvalue weighted by Crippen LogP contribution is -2.13. The number of rotatable bonds is 10. The molecule has 1 atom stereocenters. The molecular formula is C16H31Cl. The molecule has 0 bridgehead atoms. The zero-order valence-corrected chi connectivity index (χ0v) is 12.5. The number of hydrogen-bond acceptors (Lipinski definition) is 0. The van der Waals surface area contributed by atoms with Crippen LogP contribution in [0.5, 0.6) is 0 Å². The molecule has 0 nitrogen and oxygen atoms in total. The Morgan fingerprint density at radius 1 is 0.941 bits per heavy atom. The summed E-state index contributed by atoms with van der Waals surface area (Å²) in [6.07, 6.45) is 17.2. The summed E-state index contributed by atoms with van der Waals surface area (Å²) in [7, 11) is 0. The maximum absolute atomic E-state index is 6.13. The van der Waals surface area contributed by atoms with Gasteiger partial charge in [-0.25, -0.2) is 0 Å². The minimum atomic E-state index is 0.829. The molecule has 17 heavy (non-hydrogen) atoms. The molecule has 1 rings (SSSR count). The van der Waals surface area contributed by atoms with Crippen molar-refractivity contribution in [3.05, 3.63) is 0 Å². The van der Waals surface area contributed by atoms with E-state index in [-0.39, 0.29) is 0 Å². The second kappa shape index (κ2) is 10.2. The first-order valence-corrected chi connectivity index (χ1v) is 8.48. The fourth-order valence-electron chi connectivity index (χ4n) is 3.23. The van der Waals surface area contributed by atoms with Crippen molar-refractivity contribution in [1.29, 1.82) is 0 Å². The Labute approximate surface area is 114 Å². The van der Waals surface area contributed by atoms with E-state index in [9.17, 15) is 0 Å². The molecule has 1 unspecified atom stereocenters. The van der Waals surface area contributed by atoms with Crippen molar-refractivity contribution in [2.75, 3.05) is 5.88 Å². The molecule has 1 aliphatic rings. The van der Waals surface area contributed by atoms with Gasteiger partial charge in [0.25, 0.3) is 0 Å². The van der Waals surface area contributed by atoms with E-state index in [0.29, 0.717) is 0 Å². The van der Waals surface area contributed by atoms with E-state index >= 15 is 0 Å². The fraction of sp³-hybridized carbons (Fsp3) is 1.00. The van der Waals surface area contributed by atoms with Crippen LogP contribution in [0.3, 0.4) is 0 Å². The predicted octanol–water partition coefficient (Wildman–Crippen LogP) is 6.17. The summed E-state index contributed by atoms with van der Waals surface area (Å²) in [6, 6.07) is 0. The monoisotopic (exact) mass is 258 g/mol. The lowest BCUT2D eigenvalue weighted by molar-refractivity contribution is 0.337. The molecule has 1 aliphatic carbocycles. The van der Waals surface area contributed by atoms with Gasteiger partial charge in [0.2, 0.25) is 0 Å². The highest BCUT2D eigenvalue weighted by Crippen LogP contribution is 2.34. The van der Waals surface area contributed by atoms with E-state index < -0.39 is 0 Å². The number of alkyl halides is 1. The second-order valence-electron chi connectivity index (χ2n) is 5.87. The van der Waals surface area contributed by atoms with E-state index in [1.54, 1.807) is 0 Å². The van der Waals surface area contributed by atoms with Gasteiger partial charge in [0.1, 0.15) is 0 Å². The van der Waals surface area contributed by atoms with Gasteiger partial charge in [-0.1, -0.05) is 77.6 Å². The Kier molecular flexibility index (Phi) is 9.24. The van der Waals surface area contributed by atoms with Crippen LogP contribution < -0.4 is 0 Å². The van der Waals surface area contributed by atoms with Gasteiger partial charge in [0, 0.05) is 5.88 Å². The molecule has 0 aliphatic heterocycles. The van der Waals surface area contributed by atoms with Crippen molar-refractivity contribution in [3.63, 3.8) is 0 Å². The van der Waals surface area contributed by atoms with Gasteiger partial charge in [-0.15, -0.1) is 11.6 Å². The highest BCUT2D eigenvalue weighted by atomic mass is 35.5. The summed E-state index contributed by atoms with van der Waals surface area (Å²) in [5.74, 6) is 2.70. The third kappa shape index (κ3) is 6.70. The van der Waals surface area contributed by atoms with Crippen molar-refractivity contribution in [3.8, 4) is 0 Å². The van der Waals surface area contributed by atoms with Crippen LogP contribution in [0, 0.1) is 11.8 Å². The highest BCUT2D eigenvalue weighted by Gasteiger charge is 2.23. The number of unbranched alkanes of at least 4 members (excludes halogenated alkanes) is 6. The maximum Gasteiger partial charge on any atom is 0.0254 e. The third-order valence-corrected chi connectivity index (χ3v) is 4.84. The van der Waals surface area contributed by atoms with Crippen molar-refractivity contribution in [2.45, 2.75) is 84.0 Å². The van der Waals surface area contributed by atoms with Gasteiger partial charge >= 0.3 is 0 Å². The molecule has 1 heteroatoms. The molecule has 0 radical (unpaired) electrons. The first kappa shape index (κ1) is 15.3. The zero-order chi connectivity index (χ0) is 12.3. The zero-order valence-electron chi connectivity index (χ0n) is 11.7. The minimum Gasteiger partial charge on any atom is -0.126 e. The Balaban J connectivity index is 1.96. The van der Waals surface area contributed by atoms with E-state index in [2.05, 4.69) is 6.92 Å². The van der Waals surface area contributed by atoms with Crippen molar-refractivity contribution in [1.82, 2.24) is 0 Å². The van der Waals surface area contributed by atoms with Gasteiger partial charge in [0.15, 0.2) is 0 Å². The largest absolute Gasteiger partial charge is 0.126 e. The molecule has 0 spiro atoms. The molecule has 1 fully saturated rings. The van der Waals surface area contributed by atoms with Crippen LogP contribution in [0.1, 0.15) is 84.0 Å². The SMILES string of the molecule is CCCCCCCCCC(CCl)C1CCCC1. The van der Waals surface area contributed by atoms with Crippen LogP contribution in [0.15, 0.2) is 0 Å². The molecule has 102 valence electrons. The summed E-state index contributed by atoms with van der Waals surface area (Å²) >= 11 is 6.13. The first-order chi connectivity index (χ1) is 8.38. The lowest BCUT2D eigenvalue weighted by atomic mass is 9.88.